The predicted molar refractivity (Wildman–Crippen MR) is 26.9 cm³/mol. The summed E-state index contributed by atoms with van der Waals surface area (Å²) in [6.45, 7) is 1.72. The molecule has 1 unspecified atom stereocenters. The van der Waals surface area contributed by atoms with Crippen LogP contribution in [-0.4, -0.2) is 8.76 Å². The van der Waals surface area contributed by atoms with Crippen LogP contribution in [0.25, 0.3) is 0 Å². The molecule has 0 spiro atoms. The van der Waals surface area contributed by atoms with Gasteiger partial charge in [-0.25, -0.2) is 0 Å². The lowest BCUT2D eigenvalue weighted by Crippen LogP contribution is -2.06. The van der Waals surface area contributed by atoms with Crippen LogP contribution in [0.5, 0.6) is 0 Å². The Labute approximate surface area is 44.8 Å². The van der Waals surface area contributed by atoms with E-state index in [0.717, 1.165) is 0 Å². The van der Waals surface area contributed by atoms with Gasteiger partial charge < -0.3 is 9.27 Å². The van der Waals surface area contributed by atoms with Crippen LogP contribution in [0.4, 0.5) is 0 Å². The van der Waals surface area contributed by atoms with Crippen LogP contribution in [0.3, 0.4) is 0 Å². The predicted octanol–water partition coefficient (Wildman–Crippen LogP) is -0.0963. The van der Waals surface area contributed by atoms with Crippen molar-refractivity contribution in [1.82, 2.24) is 4.72 Å². The molecule has 0 heterocycles. The lowest BCUT2D eigenvalue weighted by molar-refractivity contribution is 0.531. The molecular weight excluding hydrogens is 114 g/mol. The van der Waals surface area contributed by atoms with E-state index in [0.29, 0.717) is 0 Å². The standard InChI is InChI=1S/C3H7NO2S/c1-2-3-4-7(5)6/h2-4H,1H3,(H,5,6)/p-1. The molecule has 0 aromatic carbocycles. The third-order valence-electron chi connectivity index (χ3n) is 0.331. The van der Waals surface area contributed by atoms with Crippen LogP contribution in [0.1, 0.15) is 6.92 Å². The zero-order valence-electron chi connectivity index (χ0n) is 3.88. The Bertz CT molecular complexity index is 90.9. The summed E-state index contributed by atoms with van der Waals surface area (Å²) in [5.41, 5.74) is 0. The molecule has 0 bridgehead atoms. The second kappa shape index (κ2) is 3.83. The minimum atomic E-state index is -2.15. The maximum absolute atomic E-state index is 9.60. The van der Waals surface area contributed by atoms with Crippen LogP contribution in [0.2, 0.25) is 0 Å². The van der Waals surface area contributed by atoms with E-state index in [1.54, 1.807) is 13.0 Å². The first-order valence-corrected chi connectivity index (χ1v) is 2.81. The summed E-state index contributed by atoms with van der Waals surface area (Å²) in [6, 6.07) is 0. The molecule has 3 nitrogen and oxygen atoms in total. The van der Waals surface area contributed by atoms with Crippen LogP contribution in [-0.2, 0) is 11.3 Å². The zero-order valence-corrected chi connectivity index (χ0v) is 4.70. The second-order valence-electron chi connectivity index (χ2n) is 0.853. The monoisotopic (exact) mass is 120 g/mol. The highest BCUT2D eigenvalue weighted by molar-refractivity contribution is 7.77. The number of hydrogen-bond donors (Lipinski definition) is 1. The van der Waals surface area contributed by atoms with Gasteiger partial charge in [-0.1, -0.05) is 6.08 Å². The lowest BCUT2D eigenvalue weighted by atomic mass is 10.7. The Morgan fingerprint density at radius 3 is 2.57 bits per heavy atom. The highest BCUT2D eigenvalue weighted by atomic mass is 32.2. The molecule has 0 rings (SSSR count). The van der Waals surface area contributed by atoms with Gasteiger partial charge in [-0.2, -0.15) is 0 Å². The topological polar surface area (TPSA) is 52.2 Å². The van der Waals surface area contributed by atoms with Crippen LogP contribution >= 0.6 is 0 Å². The smallest absolute Gasteiger partial charge is 0.0442 e. The molecular formula is C3H6NO2S-. The number of hydrogen-bond acceptors (Lipinski definition) is 2. The first kappa shape index (κ1) is 6.65. The van der Waals surface area contributed by atoms with E-state index < -0.39 is 11.3 Å². The van der Waals surface area contributed by atoms with Gasteiger partial charge in [0.15, 0.2) is 0 Å². The van der Waals surface area contributed by atoms with E-state index in [1.165, 1.54) is 6.20 Å². The molecule has 0 aliphatic rings. The maximum Gasteiger partial charge on any atom is 0.0442 e. The van der Waals surface area contributed by atoms with Gasteiger partial charge in [0.2, 0.25) is 0 Å². The number of nitrogens with one attached hydrogen (secondary N) is 1. The van der Waals surface area contributed by atoms with Crippen molar-refractivity contribution in [3.63, 3.8) is 0 Å². The van der Waals surface area contributed by atoms with Crippen molar-refractivity contribution in [2.24, 2.45) is 0 Å². The van der Waals surface area contributed by atoms with Gasteiger partial charge in [0.1, 0.15) is 0 Å². The maximum atomic E-state index is 9.60. The van der Waals surface area contributed by atoms with Crippen molar-refractivity contribution >= 4 is 11.3 Å². The Morgan fingerprint density at radius 1 is 1.86 bits per heavy atom. The molecule has 0 aromatic heterocycles. The molecule has 1 N–H and O–H groups in total. The molecule has 0 saturated heterocycles. The lowest BCUT2D eigenvalue weighted by Gasteiger charge is -1.99. The molecule has 4 heteroatoms. The summed E-state index contributed by atoms with van der Waals surface area (Å²) >= 11 is -2.15. The number of rotatable bonds is 2. The molecule has 42 valence electrons. The van der Waals surface area contributed by atoms with Gasteiger partial charge in [-0.3, -0.25) is 4.21 Å². The molecule has 0 saturated carbocycles. The average Bonchev–Trinajstić information content (AvgIpc) is 1.61. The Morgan fingerprint density at radius 2 is 2.43 bits per heavy atom. The molecule has 0 aliphatic carbocycles. The molecule has 0 amide bonds. The first-order valence-electron chi connectivity index (χ1n) is 1.74. The minimum Gasteiger partial charge on any atom is -0.755 e. The molecule has 0 aromatic rings. The summed E-state index contributed by atoms with van der Waals surface area (Å²) in [7, 11) is 0. The highest BCUT2D eigenvalue weighted by Gasteiger charge is 1.64. The summed E-state index contributed by atoms with van der Waals surface area (Å²) in [6.07, 6.45) is 2.93. The van der Waals surface area contributed by atoms with Gasteiger partial charge in [0.05, 0.1) is 0 Å². The van der Waals surface area contributed by atoms with Crippen molar-refractivity contribution in [2.45, 2.75) is 6.92 Å². The first-order chi connectivity index (χ1) is 3.27. The van der Waals surface area contributed by atoms with Crippen molar-refractivity contribution < 1.29 is 8.76 Å². The van der Waals surface area contributed by atoms with Gasteiger partial charge in [0.25, 0.3) is 0 Å². The zero-order chi connectivity index (χ0) is 5.70. The van der Waals surface area contributed by atoms with E-state index >= 15 is 0 Å². The fraction of sp³-hybridized carbons (Fsp3) is 0.333. The third-order valence-corrected chi connectivity index (χ3v) is 0.659. The van der Waals surface area contributed by atoms with Crippen LogP contribution < -0.4 is 4.72 Å². The summed E-state index contributed by atoms with van der Waals surface area (Å²) in [5, 5.41) is 0. The fourth-order valence-electron chi connectivity index (χ4n) is 0.124. The van der Waals surface area contributed by atoms with Crippen molar-refractivity contribution in [3.8, 4) is 0 Å². The second-order valence-corrected chi connectivity index (χ2v) is 1.56. The van der Waals surface area contributed by atoms with Gasteiger partial charge >= 0.3 is 0 Å². The minimum absolute atomic E-state index is 1.34. The van der Waals surface area contributed by atoms with Crippen molar-refractivity contribution in [1.29, 1.82) is 0 Å². The summed E-state index contributed by atoms with van der Waals surface area (Å²) in [5.74, 6) is 0. The average molecular weight is 120 g/mol. The Kier molecular flexibility index (Phi) is 3.64. The highest BCUT2D eigenvalue weighted by Crippen LogP contribution is 1.63. The number of allylic oxidation sites excluding steroid dienone is 1. The van der Waals surface area contributed by atoms with Crippen LogP contribution in [0, 0.1) is 0 Å². The SMILES string of the molecule is CC=CNS(=O)[O-]. The van der Waals surface area contributed by atoms with Gasteiger partial charge in [-0.05, 0) is 6.92 Å². The molecule has 7 heavy (non-hydrogen) atoms. The molecule has 0 fully saturated rings. The van der Waals surface area contributed by atoms with Gasteiger partial charge in [-0.15, -0.1) is 0 Å². The summed E-state index contributed by atoms with van der Waals surface area (Å²) < 4.78 is 21.2. The quantitative estimate of drug-likeness (QED) is 0.517. The largest absolute Gasteiger partial charge is 0.755 e. The van der Waals surface area contributed by atoms with Crippen LogP contribution in [0.15, 0.2) is 12.3 Å². The fourth-order valence-corrected chi connectivity index (χ4v) is 0.371. The van der Waals surface area contributed by atoms with E-state index in [2.05, 4.69) is 0 Å². The molecule has 0 radical (unpaired) electrons. The van der Waals surface area contributed by atoms with E-state index in [1.807, 2.05) is 4.72 Å². The van der Waals surface area contributed by atoms with Gasteiger partial charge in [0, 0.05) is 17.5 Å². The Balaban J connectivity index is 3.14. The summed E-state index contributed by atoms with van der Waals surface area (Å²) in [4.78, 5) is 0. The van der Waals surface area contributed by atoms with Crippen molar-refractivity contribution in [3.05, 3.63) is 12.3 Å². The Hall–Kier alpha value is -0.350. The van der Waals surface area contributed by atoms with E-state index in [4.69, 9.17) is 0 Å². The van der Waals surface area contributed by atoms with E-state index in [-0.39, 0.29) is 0 Å². The normalized spacial score (nSPS) is 14.6. The molecule has 0 aliphatic heterocycles. The van der Waals surface area contributed by atoms with Crippen molar-refractivity contribution in [2.75, 3.05) is 0 Å². The molecule has 1 atom stereocenters. The third kappa shape index (κ3) is 5.65. The van der Waals surface area contributed by atoms with E-state index in [9.17, 15) is 8.76 Å².